The van der Waals surface area contributed by atoms with Crippen LogP contribution in [0.1, 0.15) is 21.7 Å². The van der Waals surface area contributed by atoms with Crippen LogP contribution < -0.4 is 5.32 Å². The van der Waals surface area contributed by atoms with Gasteiger partial charge in [-0.25, -0.2) is 4.79 Å². The van der Waals surface area contributed by atoms with Crippen molar-refractivity contribution in [3.05, 3.63) is 53.5 Å². The lowest BCUT2D eigenvalue weighted by atomic mass is 10.0. The third-order valence-corrected chi connectivity index (χ3v) is 3.11. The van der Waals surface area contributed by atoms with Gasteiger partial charge in [-0.1, -0.05) is 0 Å². The van der Waals surface area contributed by atoms with Crippen LogP contribution in [0.3, 0.4) is 0 Å². The number of fused-ring (bicyclic) bond motifs is 1. The second kappa shape index (κ2) is 4.28. The van der Waals surface area contributed by atoms with E-state index >= 15 is 0 Å². The number of nitrogens with one attached hydrogen (secondary N) is 1. The minimum atomic E-state index is -0.160. The maximum absolute atomic E-state index is 12.1. The highest BCUT2D eigenvalue weighted by molar-refractivity contribution is 6.07. The fraction of sp³-hybridized carbons (Fsp3) is 0.143. The van der Waals surface area contributed by atoms with Gasteiger partial charge in [-0.2, -0.15) is 0 Å². The second-order valence-electron chi connectivity index (χ2n) is 4.46. The number of benzene rings is 1. The van der Waals surface area contributed by atoms with Gasteiger partial charge in [0.1, 0.15) is 0 Å². The minimum absolute atomic E-state index is 0.141. The van der Waals surface area contributed by atoms with E-state index < -0.39 is 0 Å². The van der Waals surface area contributed by atoms with E-state index in [0.717, 1.165) is 11.3 Å². The van der Waals surface area contributed by atoms with Crippen molar-refractivity contribution in [2.24, 2.45) is 0 Å². The molecule has 0 saturated carbocycles. The normalized spacial score (nSPS) is 13.9. The molecule has 0 spiro atoms. The molecular weight excluding hydrogens is 244 g/mol. The number of urea groups is 1. The van der Waals surface area contributed by atoms with E-state index in [1.165, 1.54) is 6.26 Å². The van der Waals surface area contributed by atoms with Gasteiger partial charge in [-0.3, -0.25) is 4.79 Å². The van der Waals surface area contributed by atoms with E-state index in [2.05, 4.69) is 5.32 Å². The van der Waals surface area contributed by atoms with Crippen LogP contribution in [0, 0.1) is 0 Å². The number of rotatable bonds is 2. The van der Waals surface area contributed by atoms with Crippen LogP contribution in [-0.4, -0.2) is 23.8 Å². The van der Waals surface area contributed by atoms with Gasteiger partial charge >= 0.3 is 6.03 Å². The summed E-state index contributed by atoms with van der Waals surface area (Å²) in [6.07, 6.45) is 1.47. The molecule has 96 valence electrons. The highest BCUT2D eigenvalue weighted by atomic mass is 16.3. The molecule has 1 aromatic heterocycles. The van der Waals surface area contributed by atoms with Gasteiger partial charge in [-0.05, 0) is 35.9 Å². The number of carbonyl (C=O) groups excluding carboxylic acids is 2. The fourth-order valence-electron chi connectivity index (χ4n) is 2.08. The molecule has 2 heterocycles. The van der Waals surface area contributed by atoms with Crippen molar-refractivity contribution in [2.45, 2.75) is 6.54 Å². The van der Waals surface area contributed by atoms with Gasteiger partial charge in [0.25, 0.3) is 0 Å². The Kier molecular flexibility index (Phi) is 2.59. The Labute approximate surface area is 109 Å². The molecule has 1 aliphatic rings. The molecule has 0 bridgehead atoms. The first-order chi connectivity index (χ1) is 9.15. The SMILES string of the molecule is CN1Cc2cc(C(=O)c3ccco3)ccc2NC1=O. The Bertz CT molecular complexity index is 647. The van der Waals surface area contributed by atoms with E-state index in [1.807, 2.05) is 0 Å². The smallest absolute Gasteiger partial charge is 0.321 e. The fourth-order valence-corrected chi connectivity index (χ4v) is 2.08. The first-order valence-electron chi connectivity index (χ1n) is 5.88. The molecule has 0 saturated heterocycles. The average molecular weight is 256 g/mol. The number of hydrogen-bond acceptors (Lipinski definition) is 3. The summed E-state index contributed by atoms with van der Waals surface area (Å²) in [6, 6.07) is 8.40. The standard InChI is InChI=1S/C14H12N2O3/c1-16-8-10-7-9(4-5-11(10)15-14(16)18)13(17)12-3-2-6-19-12/h2-7H,8H2,1H3,(H,15,18). The molecule has 1 N–H and O–H groups in total. The number of furan rings is 1. The molecule has 0 fully saturated rings. The summed E-state index contributed by atoms with van der Waals surface area (Å²) in [5, 5.41) is 2.76. The number of amides is 2. The lowest BCUT2D eigenvalue weighted by molar-refractivity contribution is 0.101. The monoisotopic (exact) mass is 256 g/mol. The van der Waals surface area contributed by atoms with Crippen molar-refractivity contribution in [1.82, 2.24) is 4.90 Å². The van der Waals surface area contributed by atoms with Gasteiger partial charge < -0.3 is 14.6 Å². The Morgan fingerprint density at radius 3 is 2.95 bits per heavy atom. The van der Waals surface area contributed by atoms with Crippen LogP contribution in [0.4, 0.5) is 10.5 Å². The third-order valence-electron chi connectivity index (χ3n) is 3.11. The zero-order chi connectivity index (χ0) is 13.4. The summed E-state index contributed by atoms with van der Waals surface area (Å²) in [5.41, 5.74) is 2.22. The maximum Gasteiger partial charge on any atom is 0.321 e. The van der Waals surface area contributed by atoms with Gasteiger partial charge in [0, 0.05) is 24.8 Å². The van der Waals surface area contributed by atoms with Gasteiger partial charge in [0.05, 0.1) is 6.26 Å². The molecular formula is C14H12N2O3. The molecule has 1 aliphatic heterocycles. The van der Waals surface area contributed by atoms with Crippen molar-refractivity contribution in [3.63, 3.8) is 0 Å². The average Bonchev–Trinajstić information content (AvgIpc) is 2.93. The summed E-state index contributed by atoms with van der Waals surface area (Å²) in [7, 11) is 1.71. The summed E-state index contributed by atoms with van der Waals surface area (Å²) in [4.78, 5) is 25.2. The molecule has 5 heteroatoms. The molecule has 0 aliphatic carbocycles. The van der Waals surface area contributed by atoms with Gasteiger partial charge in [0.15, 0.2) is 5.76 Å². The first kappa shape index (κ1) is 11.5. The van der Waals surface area contributed by atoms with Gasteiger partial charge in [0.2, 0.25) is 5.78 Å². The Morgan fingerprint density at radius 1 is 1.37 bits per heavy atom. The summed E-state index contributed by atoms with van der Waals surface area (Å²) >= 11 is 0. The lowest BCUT2D eigenvalue weighted by Crippen LogP contribution is -2.35. The number of ketones is 1. The topological polar surface area (TPSA) is 62.6 Å². The Morgan fingerprint density at radius 2 is 2.21 bits per heavy atom. The molecule has 2 aromatic rings. The lowest BCUT2D eigenvalue weighted by Gasteiger charge is -2.26. The van der Waals surface area contributed by atoms with E-state index in [4.69, 9.17) is 4.42 Å². The largest absolute Gasteiger partial charge is 0.461 e. The summed E-state index contributed by atoms with van der Waals surface area (Å²) in [5.74, 6) is 0.153. The highest BCUT2D eigenvalue weighted by Gasteiger charge is 2.21. The van der Waals surface area contributed by atoms with Crippen molar-refractivity contribution < 1.29 is 14.0 Å². The van der Waals surface area contributed by atoms with Crippen LogP contribution in [0.15, 0.2) is 41.0 Å². The van der Waals surface area contributed by atoms with Crippen LogP contribution >= 0.6 is 0 Å². The Balaban J connectivity index is 1.96. The number of anilines is 1. The number of carbonyl (C=O) groups is 2. The van der Waals surface area contributed by atoms with Crippen molar-refractivity contribution in [2.75, 3.05) is 12.4 Å². The van der Waals surface area contributed by atoms with Crippen LogP contribution in [0.5, 0.6) is 0 Å². The van der Waals surface area contributed by atoms with Crippen molar-refractivity contribution >= 4 is 17.5 Å². The summed E-state index contributed by atoms with van der Waals surface area (Å²) in [6.45, 7) is 0.487. The second-order valence-corrected chi connectivity index (χ2v) is 4.46. The summed E-state index contributed by atoms with van der Waals surface area (Å²) < 4.78 is 5.10. The van der Waals surface area contributed by atoms with Crippen LogP contribution in [0.25, 0.3) is 0 Å². The van der Waals surface area contributed by atoms with Gasteiger partial charge in [-0.15, -0.1) is 0 Å². The Hall–Kier alpha value is -2.56. The predicted octanol–water partition coefficient (Wildman–Crippen LogP) is 2.49. The first-order valence-corrected chi connectivity index (χ1v) is 5.88. The molecule has 1 aromatic carbocycles. The van der Waals surface area contributed by atoms with E-state index in [-0.39, 0.29) is 11.8 Å². The molecule has 2 amide bonds. The van der Waals surface area contributed by atoms with Crippen LogP contribution in [-0.2, 0) is 6.54 Å². The quantitative estimate of drug-likeness (QED) is 0.839. The van der Waals surface area contributed by atoms with E-state index in [1.54, 1.807) is 42.3 Å². The third kappa shape index (κ3) is 1.99. The molecule has 0 atom stereocenters. The molecule has 0 unspecified atom stereocenters. The number of hydrogen-bond donors (Lipinski definition) is 1. The molecule has 0 radical (unpaired) electrons. The highest BCUT2D eigenvalue weighted by Crippen LogP contribution is 2.24. The minimum Gasteiger partial charge on any atom is -0.461 e. The molecule has 3 rings (SSSR count). The van der Waals surface area contributed by atoms with Crippen molar-refractivity contribution in [1.29, 1.82) is 0 Å². The molecule has 19 heavy (non-hydrogen) atoms. The van der Waals surface area contributed by atoms with E-state index in [9.17, 15) is 9.59 Å². The maximum atomic E-state index is 12.1. The van der Waals surface area contributed by atoms with Crippen molar-refractivity contribution in [3.8, 4) is 0 Å². The predicted molar refractivity (Wildman–Crippen MR) is 69.1 cm³/mol. The van der Waals surface area contributed by atoms with Crippen LogP contribution in [0.2, 0.25) is 0 Å². The zero-order valence-corrected chi connectivity index (χ0v) is 10.3. The van der Waals surface area contributed by atoms with E-state index in [0.29, 0.717) is 17.9 Å². The zero-order valence-electron chi connectivity index (χ0n) is 10.3. The number of nitrogens with zero attached hydrogens (tertiary/aromatic N) is 1. The molecule has 5 nitrogen and oxygen atoms in total.